The molecule has 1 aromatic carbocycles. The molecule has 0 radical (unpaired) electrons. The van der Waals surface area contributed by atoms with Crippen LogP contribution in [0.1, 0.15) is 37.8 Å². The van der Waals surface area contributed by atoms with E-state index in [1.165, 1.54) is 11.6 Å². The zero-order chi connectivity index (χ0) is 16.6. The van der Waals surface area contributed by atoms with Crippen molar-refractivity contribution >= 4 is 8.07 Å². The topological polar surface area (TPSA) is 32.3 Å². The molecule has 124 valence electrons. The summed E-state index contributed by atoms with van der Waals surface area (Å²) in [6, 6.07) is 11.8. The van der Waals surface area contributed by atoms with E-state index < -0.39 is 8.07 Å². The van der Waals surface area contributed by atoms with Crippen molar-refractivity contribution in [2.24, 2.45) is 0 Å². The van der Waals surface area contributed by atoms with Crippen LogP contribution in [-0.4, -0.2) is 25.8 Å². The minimum Gasteiger partial charge on any atom is -0.394 e. The summed E-state index contributed by atoms with van der Waals surface area (Å²) in [6.07, 6.45) is 3.28. The van der Waals surface area contributed by atoms with Crippen molar-refractivity contribution in [2.45, 2.75) is 64.0 Å². The molecule has 0 saturated heterocycles. The average Bonchev–Trinajstić information content (AvgIpc) is 2.43. The normalized spacial score (nSPS) is 14.6. The van der Waals surface area contributed by atoms with Crippen LogP contribution in [0.4, 0.5) is 0 Å². The lowest BCUT2D eigenvalue weighted by atomic mass is 10.0. The van der Waals surface area contributed by atoms with Gasteiger partial charge in [0.1, 0.15) is 0 Å². The zero-order valence-corrected chi connectivity index (χ0v) is 15.7. The van der Waals surface area contributed by atoms with Crippen LogP contribution in [0.3, 0.4) is 0 Å². The predicted molar refractivity (Wildman–Crippen MR) is 100 cm³/mol. The van der Waals surface area contributed by atoms with Gasteiger partial charge in [-0.1, -0.05) is 68.9 Å². The van der Waals surface area contributed by atoms with Gasteiger partial charge in [-0.15, -0.1) is 6.58 Å². The Morgan fingerprint density at radius 3 is 2.36 bits per heavy atom. The van der Waals surface area contributed by atoms with Crippen molar-refractivity contribution in [3.8, 4) is 0 Å². The van der Waals surface area contributed by atoms with Crippen LogP contribution in [0, 0.1) is 0 Å². The number of nitrogens with one attached hydrogen (secondary N) is 1. The summed E-state index contributed by atoms with van der Waals surface area (Å²) >= 11 is 0. The molecule has 0 saturated carbocycles. The Balaban J connectivity index is 2.68. The summed E-state index contributed by atoms with van der Waals surface area (Å²) in [6.45, 7) is 13.8. The monoisotopic (exact) mass is 319 g/mol. The molecule has 2 nitrogen and oxygen atoms in total. The summed E-state index contributed by atoms with van der Waals surface area (Å²) in [5.41, 5.74) is 2.51. The molecule has 2 atom stereocenters. The number of aliphatic hydroxyl groups is 1. The molecule has 1 rings (SSSR count). The lowest BCUT2D eigenvalue weighted by Crippen LogP contribution is -2.35. The van der Waals surface area contributed by atoms with Crippen LogP contribution in [0.25, 0.3) is 0 Å². The molecule has 0 amide bonds. The average molecular weight is 320 g/mol. The van der Waals surface area contributed by atoms with E-state index in [2.05, 4.69) is 50.6 Å². The molecular formula is C19H33NOSi. The summed E-state index contributed by atoms with van der Waals surface area (Å²) < 4.78 is 0. The minimum atomic E-state index is -1.10. The van der Waals surface area contributed by atoms with Crippen LogP contribution >= 0.6 is 0 Å². The van der Waals surface area contributed by atoms with Crippen LogP contribution in [0.15, 0.2) is 42.5 Å². The van der Waals surface area contributed by atoms with Crippen molar-refractivity contribution in [3.63, 3.8) is 0 Å². The molecule has 0 aromatic heterocycles. The van der Waals surface area contributed by atoms with Gasteiger partial charge in [-0.3, -0.25) is 0 Å². The van der Waals surface area contributed by atoms with Gasteiger partial charge in [0.25, 0.3) is 0 Å². The van der Waals surface area contributed by atoms with Crippen LogP contribution in [0.2, 0.25) is 25.7 Å². The van der Waals surface area contributed by atoms with Gasteiger partial charge in [-0.25, -0.2) is 0 Å². The molecule has 1 aromatic rings. The summed E-state index contributed by atoms with van der Waals surface area (Å²) in [5, 5.41) is 13.4. The highest BCUT2D eigenvalue weighted by Crippen LogP contribution is 2.22. The van der Waals surface area contributed by atoms with Crippen molar-refractivity contribution in [1.82, 2.24) is 5.32 Å². The first kappa shape index (κ1) is 19.1. The molecule has 3 heteroatoms. The number of benzene rings is 1. The second-order valence-corrected chi connectivity index (χ2v) is 13.0. The summed E-state index contributed by atoms with van der Waals surface area (Å²) in [4.78, 5) is 0. The molecule has 0 bridgehead atoms. The highest BCUT2D eigenvalue weighted by Gasteiger charge is 2.20. The Labute approximate surface area is 137 Å². The maximum Gasteiger partial charge on any atom is 0.0626 e. The third-order valence-electron chi connectivity index (χ3n) is 3.77. The van der Waals surface area contributed by atoms with E-state index >= 15 is 0 Å². The standard InChI is InChI=1S/C19H33NOSi/c1-6-10-18(13-16(2)15-22(3,4)5)20-19(14-21)17-11-8-7-9-12-17/h7-9,11-12,18-21H,2,6,10,13-15H2,1,3-5H3/t18-,19-/m1/s1. The second-order valence-electron chi connectivity index (χ2n) is 7.49. The fourth-order valence-electron chi connectivity index (χ4n) is 2.99. The third-order valence-corrected chi connectivity index (χ3v) is 5.33. The van der Waals surface area contributed by atoms with Gasteiger partial charge in [0.2, 0.25) is 0 Å². The largest absolute Gasteiger partial charge is 0.394 e. The minimum absolute atomic E-state index is 0.0115. The third kappa shape index (κ3) is 7.39. The molecule has 0 spiro atoms. The molecule has 22 heavy (non-hydrogen) atoms. The van der Waals surface area contributed by atoms with Gasteiger partial charge < -0.3 is 10.4 Å². The first-order valence-corrected chi connectivity index (χ1v) is 12.1. The lowest BCUT2D eigenvalue weighted by Gasteiger charge is -2.27. The van der Waals surface area contributed by atoms with E-state index in [1.54, 1.807) is 0 Å². The SMILES string of the molecule is C=C(C[C@@H](CCC)N[C@H](CO)c1ccccc1)C[Si](C)(C)C. The molecule has 2 N–H and O–H groups in total. The van der Waals surface area contributed by atoms with E-state index in [1.807, 2.05) is 18.2 Å². The van der Waals surface area contributed by atoms with Crippen LogP contribution in [0.5, 0.6) is 0 Å². The van der Waals surface area contributed by atoms with Crippen molar-refractivity contribution in [3.05, 3.63) is 48.0 Å². The Hall–Kier alpha value is -0.903. The fourth-order valence-corrected chi connectivity index (χ4v) is 4.63. The van der Waals surface area contributed by atoms with E-state index in [4.69, 9.17) is 0 Å². The van der Waals surface area contributed by atoms with Crippen molar-refractivity contribution in [2.75, 3.05) is 6.61 Å². The van der Waals surface area contributed by atoms with Crippen LogP contribution in [-0.2, 0) is 0 Å². The number of hydrogen-bond acceptors (Lipinski definition) is 2. The van der Waals surface area contributed by atoms with E-state index in [0.29, 0.717) is 6.04 Å². The first-order valence-electron chi connectivity index (χ1n) is 8.44. The molecule has 0 unspecified atom stereocenters. The summed E-state index contributed by atoms with van der Waals surface area (Å²) in [7, 11) is -1.10. The molecule has 0 aliphatic rings. The number of aliphatic hydroxyl groups excluding tert-OH is 1. The fraction of sp³-hybridized carbons (Fsp3) is 0.579. The Kier molecular flexibility index (Phi) is 8.08. The van der Waals surface area contributed by atoms with Crippen molar-refractivity contribution in [1.29, 1.82) is 0 Å². The number of rotatable bonds is 10. The lowest BCUT2D eigenvalue weighted by molar-refractivity contribution is 0.229. The van der Waals surface area contributed by atoms with Gasteiger partial charge in [-0.2, -0.15) is 0 Å². The number of hydrogen-bond donors (Lipinski definition) is 2. The van der Waals surface area contributed by atoms with Crippen LogP contribution < -0.4 is 5.32 Å². The maximum absolute atomic E-state index is 9.74. The van der Waals surface area contributed by atoms with Gasteiger partial charge in [0, 0.05) is 14.1 Å². The molecule has 0 fully saturated rings. The predicted octanol–water partition coefficient (Wildman–Crippen LogP) is 4.76. The smallest absolute Gasteiger partial charge is 0.0626 e. The summed E-state index contributed by atoms with van der Waals surface area (Å²) in [5.74, 6) is 0. The van der Waals surface area contributed by atoms with Gasteiger partial charge in [0.05, 0.1) is 12.6 Å². The van der Waals surface area contributed by atoms with Gasteiger partial charge >= 0.3 is 0 Å². The maximum atomic E-state index is 9.74. The van der Waals surface area contributed by atoms with Crippen molar-refractivity contribution < 1.29 is 5.11 Å². The molecule has 0 aliphatic heterocycles. The van der Waals surface area contributed by atoms with E-state index in [-0.39, 0.29) is 12.6 Å². The van der Waals surface area contributed by atoms with Gasteiger partial charge in [-0.05, 0) is 24.4 Å². The second kappa shape index (κ2) is 9.28. The van der Waals surface area contributed by atoms with E-state index in [9.17, 15) is 5.11 Å². The highest BCUT2D eigenvalue weighted by atomic mass is 28.3. The molecule has 0 heterocycles. The first-order chi connectivity index (χ1) is 10.4. The Morgan fingerprint density at radius 2 is 1.86 bits per heavy atom. The zero-order valence-electron chi connectivity index (χ0n) is 14.7. The Morgan fingerprint density at radius 1 is 1.23 bits per heavy atom. The Bertz CT molecular complexity index is 438. The van der Waals surface area contributed by atoms with E-state index in [0.717, 1.165) is 24.8 Å². The van der Waals surface area contributed by atoms with Gasteiger partial charge in [0.15, 0.2) is 0 Å². The molecular weight excluding hydrogens is 286 g/mol. The quantitative estimate of drug-likeness (QED) is 0.481. The highest BCUT2D eigenvalue weighted by molar-refractivity contribution is 6.76. The molecule has 0 aliphatic carbocycles.